The maximum Gasteiger partial charge on any atom is 0.333 e. The highest BCUT2D eigenvalue weighted by Gasteiger charge is 2.21. The molecule has 0 saturated carbocycles. The van der Waals surface area contributed by atoms with E-state index in [9.17, 15) is 14.7 Å². The van der Waals surface area contributed by atoms with Crippen molar-refractivity contribution in [3.63, 3.8) is 0 Å². The molecule has 1 unspecified atom stereocenters. The zero-order chi connectivity index (χ0) is 22.3. The molecule has 0 radical (unpaired) electrons. The van der Waals surface area contributed by atoms with Crippen LogP contribution in [0.2, 0.25) is 0 Å². The molecule has 0 saturated heterocycles. The predicted molar refractivity (Wildman–Crippen MR) is 117 cm³/mol. The van der Waals surface area contributed by atoms with Crippen LogP contribution < -0.4 is 10.1 Å². The molecule has 0 aliphatic carbocycles. The highest BCUT2D eigenvalue weighted by atomic mass is 32.1. The van der Waals surface area contributed by atoms with Crippen LogP contribution >= 0.6 is 11.3 Å². The summed E-state index contributed by atoms with van der Waals surface area (Å²) in [5.41, 5.74) is 2.49. The van der Waals surface area contributed by atoms with E-state index in [0.717, 1.165) is 28.2 Å². The normalized spacial score (nSPS) is 12.1. The van der Waals surface area contributed by atoms with Crippen molar-refractivity contribution in [2.24, 2.45) is 0 Å². The highest BCUT2D eigenvalue weighted by Crippen LogP contribution is 2.22. The Kier molecular flexibility index (Phi) is 8.80. The lowest BCUT2D eigenvalue weighted by Crippen LogP contribution is -2.29. The smallest absolute Gasteiger partial charge is 0.333 e. The van der Waals surface area contributed by atoms with E-state index in [1.54, 1.807) is 7.11 Å². The topological polar surface area (TPSA) is 97.8 Å². The Balaban J connectivity index is 2.05. The minimum atomic E-state index is -0.986. The molecule has 1 aromatic heterocycles. The summed E-state index contributed by atoms with van der Waals surface area (Å²) >= 11 is 1.42. The van der Waals surface area contributed by atoms with Crippen molar-refractivity contribution in [2.45, 2.75) is 59.2 Å². The summed E-state index contributed by atoms with van der Waals surface area (Å²) < 4.78 is 10.9. The third-order valence-corrected chi connectivity index (χ3v) is 5.81. The maximum atomic E-state index is 12.5. The molecule has 1 aromatic carbocycles. The summed E-state index contributed by atoms with van der Waals surface area (Å²) in [7, 11) is 1.59. The molecule has 30 heavy (non-hydrogen) atoms. The van der Waals surface area contributed by atoms with Gasteiger partial charge in [0.05, 0.1) is 23.9 Å². The molecule has 2 N–H and O–H groups in total. The number of rotatable bonds is 11. The van der Waals surface area contributed by atoms with Gasteiger partial charge in [-0.3, -0.25) is 4.79 Å². The molecule has 1 atom stereocenters. The number of carboxylic acid groups (broad SMARTS) is 1. The number of nitrogens with zero attached hydrogens (tertiary/aromatic N) is 1. The monoisotopic (exact) mass is 434 g/mol. The zero-order valence-electron chi connectivity index (χ0n) is 18.2. The van der Waals surface area contributed by atoms with Crippen LogP contribution in [0, 0.1) is 6.92 Å². The molecule has 0 spiro atoms. The summed E-state index contributed by atoms with van der Waals surface area (Å²) in [6.45, 7) is 7.91. The van der Waals surface area contributed by atoms with E-state index in [-0.39, 0.29) is 18.4 Å². The minimum Gasteiger partial charge on any atom is -0.496 e. The molecule has 7 nitrogen and oxygen atoms in total. The van der Waals surface area contributed by atoms with E-state index < -0.39 is 12.1 Å². The van der Waals surface area contributed by atoms with E-state index >= 15 is 0 Å². The second-order valence-electron chi connectivity index (χ2n) is 7.24. The minimum absolute atomic E-state index is 0.129. The standard InChI is InChI=1S/C22H30N2O5S/c1-6-19-24-14(4)20(30-19)21(25)23-10-9-16-11-15(7-8-17(16)28-5)12-18(22(26)27)29-13(2)3/h7-8,11,13,18H,6,9-10,12H2,1-5H3,(H,23,25)(H,26,27). The van der Waals surface area contributed by atoms with Crippen LogP contribution in [-0.2, 0) is 28.8 Å². The Morgan fingerprint density at radius 3 is 2.60 bits per heavy atom. The van der Waals surface area contributed by atoms with Crippen LogP contribution in [0.25, 0.3) is 0 Å². The molecule has 1 amide bonds. The maximum absolute atomic E-state index is 12.5. The van der Waals surface area contributed by atoms with E-state index in [0.29, 0.717) is 23.6 Å². The molecule has 8 heteroatoms. The first-order valence-electron chi connectivity index (χ1n) is 10.0. The highest BCUT2D eigenvalue weighted by molar-refractivity contribution is 7.13. The third-order valence-electron chi connectivity index (χ3n) is 4.51. The Morgan fingerprint density at radius 2 is 2.03 bits per heavy atom. The van der Waals surface area contributed by atoms with Gasteiger partial charge in [0.15, 0.2) is 6.10 Å². The molecule has 1 heterocycles. The first-order chi connectivity index (χ1) is 14.2. The Bertz CT molecular complexity index is 878. The third kappa shape index (κ3) is 6.53. The van der Waals surface area contributed by atoms with Crippen molar-refractivity contribution in [1.82, 2.24) is 10.3 Å². The van der Waals surface area contributed by atoms with Crippen molar-refractivity contribution >= 4 is 23.2 Å². The number of thiazole rings is 1. The number of carbonyl (C=O) groups is 2. The van der Waals surface area contributed by atoms with Gasteiger partial charge in [-0.25, -0.2) is 9.78 Å². The van der Waals surface area contributed by atoms with Gasteiger partial charge >= 0.3 is 5.97 Å². The number of amides is 1. The quantitative estimate of drug-likeness (QED) is 0.562. The number of aliphatic carboxylic acids is 1. The molecule has 0 bridgehead atoms. The van der Waals surface area contributed by atoms with E-state index in [2.05, 4.69) is 10.3 Å². The zero-order valence-corrected chi connectivity index (χ0v) is 19.0. The van der Waals surface area contributed by atoms with Crippen LogP contribution in [0.4, 0.5) is 0 Å². The number of aryl methyl sites for hydroxylation is 2. The molecular formula is C22H30N2O5S. The van der Waals surface area contributed by atoms with Gasteiger partial charge in [-0.05, 0) is 50.8 Å². The van der Waals surface area contributed by atoms with Gasteiger partial charge in [0, 0.05) is 13.0 Å². The average molecular weight is 435 g/mol. The van der Waals surface area contributed by atoms with E-state index in [1.807, 2.05) is 45.9 Å². The van der Waals surface area contributed by atoms with Crippen LogP contribution in [0.3, 0.4) is 0 Å². The van der Waals surface area contributed by atoms with Gasteiger partial charge in [0.25, 0.3) is 5.91 Å². The average Bonchev–Trinajstić information content (AvgIpc) is 3.08. The number of aromatic nitrogens is 1. The van der Waals surface area contributed by atoms with Crippen LogP contribution in [0.15, 0.2) is 18.2 Å². The molecule has 164 valence electrons. The fourth-order valence-corrected chi connectivity index (χ4v) is 4.02. The van der Waals surface area contributed by atoms with Gasteiger partial charge in [0.2, 0.25) is 0 Å². The van der Waals surface area contributed by atoms with Gasteiger partial charge in [-0.15, -0.1) is 11.3 Å². The molecule has 0 aliphatic heterocycles. The van der Waals surface area contributed by atoms with E-state index in [4.69, 9.17) is 9.47 Å². The number of carboxylic acids is 1. The molecule has 2 rings (SSSR count). The number of methoxy groups -OCH3 is 1. The lowest BCUT2D eigenvalue weighted by atomic mass is 10.0. The number of carbonyl (C=O) groups excluding carboxylic acids is 1. The fraction of sp³-hybridized carbons (Fsp3) is 0.500. The summed E-state index contributed by atoms with van der Waals surface area (Å²) in [6, 6.07) is 5.58. The number of nitrogens with one attached hydrogen (secondary N) is 1. The second-order valence-corrected chi connectivity index (χ2v) is 8.33. The van der Waals surface area contributed by atoms with Crippen molar-refractivity contribution in [3.05, 3.63) is 44.9 Å². The van der Waals surface area contributed by atoms with Crippen molar-refractivity contribution < 1.29 is 24.2 Å². The SMILES string of the molecule is CCc1nc(C)c(C(=O)NCCc2cc(CC(OC(C)C)C(=O)O)ccc2OC)s1. The van der Waals surface area contributed by atoms with Crippen LogP contribution in [0.1, 0.15) is 52.3 Å². The van der Waals surface area contributed by atoms with Gasteiger partial charge < -0.3 is 19.9 Å². The van der Waals surface area contributed by atoms with Gasteiger partial charge in [-0.1, -0.05) is 19.1 Å². The molecule has 2 aromatic rings. The van der Waals surface area contributed by atoms with Crippen molar-refractivity contribution in [2.75, 3.05) is 13.7 Å². The lowest BCUT2D eigenvalue weighted by Gasteiger charge is -2.17. The Morgan fingerprint density at radius 1 is 1.30 bits per heavy atom. The largest absolute Gasteiger partial charge is 0.496 e. The number of benzene rings is 1. The fourth-order valence-electron chi connectivity index (χ4n) is 3.10. The summed E-state index contributed by atoms with van der Waals surface area (Å²) in [6.07, 6.45) is 0.539. The summed E-state index contributed by atoms with van der Waals surface area (Å²) in [4.78, 5) is 29.0. The molecule has 0 fully saturated rings. The molecular weight excluding hydrogens is 404 g/mol. The predicted octanol–water partition coefficient (Wildman–Crippen LogP) is 3.42. The number of hydrogen-bond acceptors (Lipinski definition) is 6. The van der Waals surface area contributed by atoms with Crippen molar-refractivity contribution in [3.8, 4) is 5.75 Å². The van der Waals surface area contributed by atoms with Gasteiger partial charge in [0.1, 0.15) is 10.6 Å². The first kappa shape index (κ1) is 23.8. The summed E-state index contributed by atoms with van der Waals surface area (Å²) in [5, 5.41) is 13.3. The second kappa shape index (κ2) is 11.1. The summed E-state index contributed by atoms with van der Waals surface area (Å²) in [5.74, 6) is -0.414. The lowest BCUT2D eigenvalue weighted by molar-refractivity contribution is -0.153. The van der Waals surface area contributed by atoms with Gasteiger partial charge in [-0.2, -0.15) is 0 Å². The van der Waals surface area contributed by atoms with E-state index in [1.165, 1.54) is 11.3 Å². The molecule has 0 aliphatic rings. The van der Waals surface area contributed by atoms with Crippen molar-refractivity contribution in [1.29, 1.82) is 0 Å². The number of hydrogen-bond donors (Lipinski definition) is 2. The van der Waals surface area contributed by atoms with Crippen LogP contribution in [0.5, 0.6) is 5.75 Å². The Hall–Kier alpha value is -2.45. The van der Waals surface area contributed by atoms with Crippen LogP contribution in [-0.4, -0.2) is 47.8 Å². The Labute approximate surface area is 181 Å². The number of ether oxygens (including phenoxy) is 2. The first-order valence-corrected chi connectivity index (χ1v) is 10.8.